The van der Waals surface area contributed by atoms with Crippen LogP contribution < -0.4 is 10.1 Å². The molecule has 0 saturated carbocycles. The molecule has 9 heteroatoms. The average Bonchev–Trinajstić information content (AvgIpc) is 2.79. The Bertz CT molecular complexity index is 560. The fourth-order valence-electron chi connectivity index (χ4n) is 2.14. The first-order valence-electron chi connectivity index (χ1n) is 6.44. The number of anilines is 1. The second kappa shape index (κ2) is 6.20. The van der Waals surface area contributed by atoms with Crippen molar-refractivity contribution < 1.29 is 27.5 Å². The van der Waals surface area contributed by atoms with Gasteiger partial charge in [-0.05, 0) is 6.07 Å². The van der Waals surface area contributed by atoms with E-state index in [4.69, 9.17) is 4.74 Å². The van der Waals surface area contributed by atoms with Gasteiger partial charge in [0.25, 0.3) is 0 Å². The molecule has 0 radical (unpaired) electrons. The van der Waals surface area contributed by atoms with Gasteiger partial charge in [-0.15, -0.1) is 0 Å². The number of nitrogens with zero attached hydrogens (tertiary/aromatic N) is 2. The lowest BCUT2D eigenvalue weighted by atomic mass is 10.1. The van der Waals surface area contributed by atoms with Crippen LogP contribution in [-0.2, 0) is 9.59 Å². The highest BCUT2D eigenvalue weighted by Crippen LogP contribution is 2.24. The number of nitrogens with one attached hydrogen (secondary N) is 1. The Hall–Kier alpha value is -2.32. The number of rotatable bonds is 4. The quantitative estimate of drug-likeness (QED) is 0.912. The van der Waals surface area contributed by atoms with Gasteiger partial charge >= 0.3 is 6.18 Å². The van der Waals surface area contributed by atoms with E-state index < -0.39 is 30.5 Å². The van der Waals surface area contributed by atoms with E-state index in [9.17, 15) is 22.8 Å². The third-order valence-electron chi connectivity index (χ3n) is 3.17. The van der Waals surface area contributed by atoms with Crippen LogP contribution in [0, 0.1) is 5.92 Å². The maximum atomic E-state index is 12.3. The van der Waals surface area contributed by atoms with Crippen LogP contribution in [0.25, 0.3) is 0 Å². The smallest absolute Gasteiger partial charge is 0.406 e. The molecule has 6 nitrogen and oxygen atoms in total. The molecule has 0 aromatic carbocycles. The van der Waals surface area contributed by atoms with Crippen LogP contribution >= 0.6 is 0 Å². The first-order valence-corrected chi connectivity index (χ1v) is 6.44. The first kappa shape index (κ1) is 16.1. The lowest BCUT2D eigenvalue weighted by Gasteiger charge is -2.18. The zero-order chi connectivity index (χ0) is 16.3. The predicted molar refractivity (Wildman–Crippen MR) is 70.2 cm³/mol. The number of pyridine rings is 1. The van der Waals surface area contributed by atoms with Crippen LogP contribution in [0.5, 0.6) is 5.88 Å². The predicted octanol–water partition coefficient (Wildman–Crippen LogP) is 1.44. The number of halogens is 3. The Kier molecular flexibility index (Phi) is 4.53. The van der Waals surface area contributed by atoms with E-state index in [2.05, 4.69) is 10.3 Å². The van der Waals surface area contributed by atoms with Crippen LogP contribution in [0.4, 0.5) is 18.9 Å². The highest BCUT2D eigenvalue weighted by atomic mass is 19.4. The van der Waals surface area contributed by atoms with E-state index in [1.54, 1.807) is 6.07 Å². The molecule has 1 aliphatic rings. The fraction of sp³-hybridized carbons (Fsp3) is 0.462. The van der Waals surface area contributed by atoms with Crippen molar-refractivity contribution in [2.45, 2.75) is 12.6 Å². The van der Waals surface area contributed by atoms with Crippen LogP contribution in [0.3, 0.4) is 0 Å². The van der Waals surface area contributed by atoms with E-state index in [1.165, 1.54) is 19.4 Å². The third kappa shape index (κ3) is 4.09. The number of carbonyl (C=O) groups excluding carboxylic acids is 2. The summed E-state index contributed by atoms with van der Waals surface area (Å²) in [6.45, 7) is -1.58. The summed E-state index contributed by atoms with van der Waals surface area (Å²) in [7, 11) is 1.44. The van der Waals surface area contributed by atoms with Gasteiger partial charge in [0.05, 0.1) is 24.9 Å². The van der Waals surface area contributed by atoms with Crippen molar-refractivity contribution in [1.29, 1.82) is 0 Å². The third-order valence-corrected chi connectivity index (χ3v) is 3.17. The minimum absolute atomic E-state index is 0.231. The average molecular weight is 317 g/mol. The molecule has 1 aromatic rings. The number of hydrogen-bond donors (Lipinski definition) is 1. The van der Waals surface area contributed by atoms with Crippen molar-refractivity contribution in [3.63, 3.8) is 0 Å². The van der Waals surface area contributed by atoms with Gasteiger partial charge in [0.15, 0.2) is 0 Å². The maximum Gasteiger partial charge on any atom is 0.406 e. The number of methoxy groups -OCH3 is 1. The van der Waals surface area contributed by atoms with Crippen LogP contribution in [0.15, 0.2) is 18.3 Å². The standard InChI is InChI=1S/C13H14F3N3O3/c1-22-10-3-2-9(5-17-10)18-12(21)8-4-11(20)19(6-8)7-13(14,15)16/h2-3,5,8H,4,6-7H2,1H3,(H,18,21)/t8-/m1/s1. The van der Waals surface area contributed by atoms with E-state index in [-0.39, 0.29) is 13.0 Å². The number of likely N-dealkylation sites (tertiary alicyclic amines) is 1. The summed E-state index contributed by atoms with van der Waals surface area (Å²) in [4.78, 5) is 28.1. The summed E-state index contributed by atoms with van der Waals surface area (Å²) in [5, 5.41) is 2.52. The molecule has 1 aromatic heterocycles. The molecule has 1 fully saturated rings. The summed E-state index contributed by atoms with van der Waals surface area (Å²) < 4.78 is 41.8. The van der Waals surface area contributed by atoms with E-state index in [0.29, 0.717) is 16.5 Å². The van der Waals surface area contributed by atoms with Gasteiger partial charge in [0.1, 0.15) is 6.54 Å². The molecule has 0 bridgehead atoms. The Morgan fingerprint density at radius 3 is 2.77 bits per heavy atom. The van der Waals surface area contributed by atoms with Crippen molar-refractivity contribution in [3.8, 4) is 5.88 Å². The number of ether oxygens (including phenoxy) is 1. The van der Waals surface area contributed by atoms with Gasteiger partial charge < -0.3 is 15.0 Å². The van der Waals surface area contributed by atoms with Crippen LogP contribution in [0.2, 0.25) is 0 Å². The van der Waals surface area contributed by atoms with Crippen molar-refractivity contribution in [1.82, 2.24) is 9.88 Å². The minimum Gasteiger partial charge on any atom is -0.481 e. The van der Waals surface area contributed by atoms with Gasteiger partial charge in [-0.1, -0.05) is 0 Å². The first-order chi connectivity index (χ1) is 10.3. The summed E-state index contributed by atoms with van der Waals surface area (Å²) >= 11 is 0. The Morgan fingerprint density at radius 1 is 1.50 bits per heavy atom. The fourth-order valence-corrected chi connectivity index (χ4v) is 2.14. The van der Waals surface area contributed by atoms with Gasteiger partial charge in [0, 0.05) is 19.0 Å². The molecule has 1 saturated heterocycles. The molecule has 1 N–H and O–H groups in total. The molecule has 0 spiro atoms. The maximum absolute atomic E-state index is 12.3. The second-order valence-corrected chi connectivity index (χ2v) is 4.87. The number of carbonyl (C=O) groups is 2. The Balaban J connectivity index is 1.94. The van der Waals surface area contributed by atoms with Crippen molar-refractivity contribution in [3.05, 3.63) is 18.3 Å². The van der Waals surface area contributed by atoms with Crippen molar-refractivity contribution >= 4 is 17.5 Å². The zero-order valence-electron chi connectivity index (χ0n) is 11.7. The molecule has 22 heavy (non-hydrogen) atoms. The number of amides is 2. The van der Waals surface area contributed by atoms with E-state index in [1.807, 2.05) is 0 Å². The lowest BCUT2D eigenvalue weighted by molar-refractivity contribution is -0.157. The zero-order valence-corrected chi connectivity index (χ0v) is 11.7. The van der Waals surface area contributed by atoms with E-state index in [0.717, 1.165) is 0 Å². The molecule has 2 rings (SSSR count). The second-order valence-electron chi connectivity index (χ2n) is 4.87. The molecule has 1 atom stereocenters. The number of hydrogen-bond acceptors (Lipinski definition) is 4. The number of aromatic nitrogens is 1. The summed E-state index contributed by atoms with van der Waals surface area (Å²) in [5.74, 6) is -1.63. The highest BCUT2D eigenvalue weighted by molar-refractivity contribution is 5.97. The summed E-state index contributed by atoms with van der Waals surface area (Å²) in [6, 6.07) is 3.08. The highest BCUT2D eigenvalue weighted by Gasteiger charge is 2.40. The van der Waals surface area contributed by atoms with Crippen molar-refractivity contribution in [2.24, 2.45) is 5.92 Å². The topological polar surface area (TPSA) is 71.5 Å². The van der Waals surface area contributed by atoms with Crippen LogP contribution in [0.1, 0.15) is 6.42 Å². The van der Waals surface area contributed by atoms with Gasteiger partial charge in [0.2, 0.25) is 17.7 Å². The van der Waals surface area contributed by atoms with Crippen molar-refractivity contribution in [2.75, 3.05) is 25.5 Å². The number of alkyl halides is 3. The minimum atomic E-state index is -4.47. The van der Waals surface area contributed by atoms with Crippen LogP contribution in [-0.4, -0.2) is 48.1 Å². The lowest BCUT2D eigenvalue weighted by Crippen LogP contribution is -2.36. The van der Waals surface area contributed by atoms with E-state index >= 15 is 0 Å². The Morgan fingerprint density at radius 2 is 2.23 bits per heavy atom. The molecule has 120 valence electrons. The molecule has 0 unspecified atom stereocenters. The van der Waals surface area contributed by atoms with Gasteiger partial charge in [-0.3, -0.25) is 9.59 Å². The largest absolute Gasteiger partial charge is 0.481 e. The molecule has 1 aliphatic heterocycles. The molecular weight excluding hydrogens is 303 g/mol. The molecule has 2 amide bonds. The monoisotopic (exact) mass is 317 g/mol. The molecule has 2 heterocycles. The summed E-state index contributed by atoms with van der Waals surface area (Å²) in [6.07, 6.45) is -3.34. The SMILES string of the molecule is COc1ccc(NC(=O)[C@@H]2CC(=O)N(CC(F)(F)F)C2)cn1. The molecular formula is C13H14F3N3O3. The summed E-state index contributed by atoms with van der Waals surface area (Å²) in [5.41, 5.74) is 0.382. The molecule has 0 aliphatic carbocycles. The van der Waals surface area contributed by atoms with Gasteiger partial charge in [-0.25, -0.2) is 4.98 Å². The Labute approximate surface area is 124 Å². The van der Waals surface area contributed by atoms with Gasteiger partial charge in [-0.2, -0.15) is 13.2 Å². The normalized spacial score (nSPS) is 18.5.